The maximum absolute atomic E-state index is 5.66. The van der Waals surface area contributed by atoms with Crippen molar-refractivity contribution >= 4 is 11.8 Å². The van der Waals surface area contributed by atoms with Gasteiger partial charge in [-0.3, -0.25) is 0 Å². The number of methoxy groups -OCH3 is 1. The quantitative estimate of drug-likeness (QED) is 0.782. The summed E-state index contributed by atoms with van der Waals surface area (Å²) < 4.78 is 11.2. The third-order valence-corrected chi connectivity index (χ3v) is 4.73. The minimum atomic E-state index is 0.169. The van der Waals surface area contributed by atoms with E-state index >= 15 is 0 Å². The average Bonchev–Trinajstić information content (AvgIpc) is 2.46. The fourth-order valence-electron chi connectivity index (χ4n) is 2.75. The molecule has 0 bridgehead atoms. The Hall–Kier alpha value is -0.550. The highest BCUT2D eigenvalue weighted by atomic mass is 32.2. The molecule has 0 saturated heterocycles. The van der Waals surface area contributed by atoms with Crippen LogP contribution in [0.25, 0.3) is 0 Å². The zero-order chi connectivity index (χ0) is 14.5. The second-order valence-electron chi connectivity index (χ2n) is 5.20. The van der Waals surface area contributed by atoms with Gasteiger partial charge in [0.2, 0.25) is 0 Å². The first-order valence-electron chi connectivity index (χ1n) is 7.24. The lowest BCUT2D eigenvalue weighted by Gasteiger charge is -2.44. The highest BCUT2D eigenvalue weighted by molar-refractivity contribution is 7.98. The molecule has 1 aromatic rings. The molecule has 1 aromatic carbocycles. The van der Waals surface area contributed by atoms with E-state index in [1.165, 1.54) is 10.5 Å². The third kappa shape index (κ3) is 3.55. The molecular formula is C16H25NO2S. The van der Waals surface area contributed by atoms with Gasteiger partial charge in [0.15, 0.2) is 0 Å². The molecule has 4 unspecified atom stereocenters. The number of thioether (sulfide) groups is 1. The number of hydrogen-bond donors (Lipinski definition) is 1. The first-order chi connectivity index (χ1) is 9.69. The van der Waals surface area contributed by atoms with Crippen LogP contribution in [-0.2, 0) is 9.47 Å². The fourth-order valence-corrected chi connectivity index (χ4v) is 3.16. The highest BCUT2D eigenvalue weighted by Crippen LogP contribution is 2.29. The number of benzene rings is 1. The van der Waals surface area contributed by atoms with E-state index in [1.54, 1.807) is 18.9 Å². The van der Waals surface area contributed by atoms with E-state index in [9.17, 15) is 0 Å². The Morgan fingerprint density at radius 3 is 2.60 bits per heavy atom. The molecule has 0 amide bonds. The van der Waals surface area contributed by atoms with Crippen LogP contribution in [0.2, 0.25) is 0 Å². The van der Waals surface area contributed by atoms with E-state index in [0.29, 0.717) is 12.1 Å². The average molecular weight is 295 g/mol. The fraction of sp³-hybridized carbons (Fsp3) is 0.625. The van der Waals surface area contributed by atoms with Crippen LogP contribution in [0, 0.1) is 0 Å². The maximum Gasteiger partial charge on any atom is 0.0987 e. The van der Waals surface area contributed by atoms with E-state index in [-0.39, 0.29) is 12.2 Å². The van der Waals surface area contributed by atoms with E-state index < -0.39 is 0 Å². The normalized spacial score (nSPS) is 27.1. The Balaban J connectivity index is 1.89. The lowest BCUT2D eigenvalue weighted by molar-refractivity contribution is -0.133. The molecule has 0 radical (unpaired) electrons. The van der Waals surface area contributed by atoms with Crippen molar-refractivity contribution in [2.24, 2.45) is 0 Å². The van der Waals surface area contributed by atoms with Gasteiger partial charge in [-0.15, -0.1) is 11.8 Å². The Morgan fingerprint density at radius 2 is 2.05 bits per heavy atom. The summed E-state index contributed by atoms with van der Waals surface area (Å²) in [5.74, 6) is 0. The standard InChI is InChI=1S/C16H25NO2S/c1-5-19-15-10-14(16(15)18-3)17-11(2)12-6-8-13(20-4)9-7-12/h6-9,11,14-17H,5,10H2,1-4H3. The number of ether oxygens (including phenoxy) is 2. The summed E-state index contributed by atoms with van der Waals surface area (Å²) in [4.78, 5) is 1.30. The Morgan fingerprint density at radius 1 is 1.35 bits per heavy atom. The van der Waals surface area contributed by atoms with Gasteiger partial charge in [-0.05, 0) is 44.2 Å². The molecule has 4 atom stereocenters. The molecule has 0 aliphatic heterocycles. The number of rotatable bonds is 7. The van der Waals surface area contributed by atoms with E-state index in [2.05, 4.69) is 42.8 Å². The molecule has 0 aromatic heterocycles. The van der Waals surface area contributed by atoms with Gasteiger partial charge in [0, 0.05) is 30.7 Å². The maximum atomic E-state index is 5.66. The molecule has 0 heterocycles. The van der Waals surface area contributed by atoms with Crippen molar-refractivity contribution in [3.8, 4) is 0 Å². The van der Waals surface area contributed by atoms with Crippen LogP contribution in [0.3, 0.4) is 0 Å². The van der Waals surface area contributed by atoms with Crippen LogP contribution in [0.4, 0.5) is 0 Å². The van der Waals surface area contributed by atoms with Crippen LogP contribution < -0.4 is 5.32 Å². The monoisotopic (exact) mass is 295 g/mol. The Bertz CT molecular complexity index is 409. The first kappa shape index (κ1) is 15.8. The summed E-state index contributed by atoms with van der Waals surface area (Å²) in [5.41, 5.74) is 1.32. The van der Waals surface area contributed by atoms with Crippen molar-refractivity contribution in [2.45, 2.75) is 49.5 Å². The predicted molar refractivity (Wildman–Crippen MR) is 84.4 cm³/mol. The van der Waals surface area contributed by atoms with Gasteiger partial charge in [-0.25, -0.2) is 0 Å². The molecule has 1 aliphatic carbocycles. The molecule has 1 N–H and O–H groups in total. The first-order valence-corrected chi connectivity index (χ1v) is 8.46. The second-order valence-corrected chi connectivity index (χ2v) is 6.08. The lowest BCUT2D eigenvalue weighted by Crippen LogP contribution is -2.60. The van der Waals surface area contributed by atoms with Crippen molar-refractivity contribution in [1.82, 2.24) is 5.32 Å². The molecular weight excluding hydrogens is 270 g/mol. The minimum Gasteiger partial charge on any atom is -0.377 e. The predicted octanol–water partition coefficient (Wildman–Crippen LogP) is 3.25. The summed E-state index contributed by atoms with van der Waals surface area (Å²) in [6.07, 6.45) is 3.54. The minimum absolute atomic E-state index is 0.169. The van der Waals surface area contributed by atoms with Gasteiger partial charge in [-0.1, -0.05) is 12.1 Å². The third-order valence-electron chi connectivity index (χ3n) is 3.98. The van der Waals surface area contributed by atoms with Crippen molar-refractivity contribution in [3.63, 3.8) is 0 Å². The zero-order valence-electron chi connectivity index (χ0n) is 12.8. The molecule has 1 fully saturated rings. The second kappa shape index (κ2) is 7.46. The van der Waals surface area contributed by atoms with Crippen LogP contribution >= 0.6 is 11.8 Å². The van der Waals surface area contributed by atoms with Crippen molar-refractivity contribution in [3.05, 3.63) is 29.8 Å². The topological polar surface area (TPSA) is 30.5 Å². The summed E-state index contributed by atoms with van der Waals surface area (Å²) in [7, 11) is 1.77. The Kier molecular flexibility index (Phi) is 5.90. The van der Waals surface area contributed by atoms with E-state index in [1.807, 2.05) is 6.92 Å². The molecule has 1 aliphatic rings. The van der Waals surface area contributed by atoms with Crippen LogP contribution in [0.1, 0.15) is 31.9 Å². The molecule has 3 nitrogen and oxygen atoms in total. The van der Waals surface area contributed by atoms with Gasteiger partial charge < -0.3 is 14.8 Å². The molecule has 2 rings (SSSR count). The van der Waals surface area contributed by atoms with Crippen LogP contribution in [-0.4, -0.2) is 38.2 Å². The van der Waals surface area contributed by atoms with Gasteiger partial charge >= 0.3 is 0 Å². The van der Waals surface area contributed by atoms with Gasteiger partial charge in [0.1, 0.15) is 0 Å². The molecule has 112 valence electrons. The Labute approximate surface area is 126 Å². The molecule has 0 spiro atoms. The van der Waals surface area contributed by atoms with Crippen LogP contribution in [0.15, 0.2) is 29.2 Å². The van der Waals surface area contributed by atoms with Gasteiger partial charge in [-0.2, -0.15) is 0 Å². The van der Waals surface area contributed by atoms with Crippen molar-refractivity contribution in [2.75, 3.05) is 20.0 Å². The summed E-state index contributed by atoms with van der Waals surface area (Å²) in [6, 6.07) is 9.46. The number of nitrogens with one attached hydrogen (secondary N) is 1. The van der Waals surface area contributed by atoms with Gasteiger partial charge in [0.05, 0.1) is 12.2 Å². The van der Waals surface area contributed by atoms with E-state index in [0.717, 1.165) is 13.0 Å². The number of hydrogen-bond acceptors (Lipinski definition) is 4. The van der Waals surface area contributed by atoms with Crippen LogP contribution in [0.5, 0.6) is 0 Å². The lowest BCUT2D eigenvalue weighted by atomic mass is 9.84. The largest absolute Gasteiger partial charge is 0.377 e. The van der Waals surface area contributed by atoms with Crippen molar-refractivity contribution in [1.29, 1.82) is 0 Å². The highest BCUT2D eigenvalue weighted by Gasteiger charge is 2.42. The van der Waals surface area contributed by atoms with E-state index in [4.69, 9.17) is 9.47 Å². The zero-order valence-corrected chi connectivity index (χ0v) is 13.6. The van der Waals surface area contributed by atoms with Gasteiger partial charge in [0.25, 0.3) is 0 Å². The molecule has 1 saturated carbocycles. The van der Waals surface area contributed by atoms with Crippen molar-refractivity contribution < 1.29 is 9.47 Å². The SMILES string of the molecule is CCOC1CC(NC(C)c2ccc(SC)cc2)C1OC. The summed E-state index contributed by atoms with van der Waals surface area (Å²) in [5, 5.41) is 3.65. The summed E-state index contributed by atoms with van der Waals surface area (Å²) >= 11 is 1.77. The smallest absolute Gasteiger partial charge is 0.0987 e. The summed E-state index contributed by atoms with van der Waals surface area (Å²) in [6.45, 7) is 4.99. The molecule has 4 heteroatoms. The molecule has 20 heavy (non-hydrogen) atoms.